The lowest BCUT2D eigenvalue weighted by molar-refractivity contribution is -0.120. The van der Waals surface area contributed by atoms with Crippen LogP contribution in [0.1, 0.15) is 29.5 Å². The Kier molecular flexibility index (Phi) is 5.31. The van der Waals surface area contributed by atoms with Gasteiger partial charge in [-0.25, -0.2) is 0 Å². The number of carbonyl (C=O) groups excluding carboxylic acids is 1. The van der Waals surface area contributed by atoms with Gasteiger partial charge in [0, 0.05) is 41.8 Å². The SMILES string of the molecule is C[C@H](NC[C@@H](c1ccccc1)c1c[nH]c2ccccc12)C(=O)N1CCc2ccccc21. The molecule has 156 valence electrons. The fourth-order valence-corrected chi connectivity index (χ4v) is 4.66. The average molecular weight is 410 g/mol. The summed E-state index contributed by atoms with van der Waals surface area (Å²) in [7, 11) is 0. The van der Waals surface area contributed by atoms with Crippen LogP contribution in [0.25, 0.3) is 10.9 Å². The molecule has 0 saturated heterocycles. The molecule has 0 bridgehead atoms. The molecule has 0 unspecified atom stereocenters. The van der Waals surface area contributed by atoms with Gasteiger partial charge in [-0.1, -0.05) is 66.7 Å². The first kappa shape index (κ1) is 19.6. The topological polar surface area (TPSA) is 48.1 Å². The number of H-pyrrole nitrogens is 1. The van der Waals surface area contributed by atoms with Crippen LogP contribution in [0.3, 0.4) is 0 Å². The van der Waals surface area contributed by atoms with Gasteiger partial charge in [0.05, 0.1) is 6.04 Å². The average Bonchev–Trinajstić information content (AvgIpc) is 3.44. The van der Waals surface area contributed by atoms with Gasteiger partial charge in [0.2, 0.25) is 5.91 Å². The molecule has 2 N–H and O–H groups in total. The van der Waals surface area contributed by atoms with Crippen LogP contribution >= 0.6 is 0 Å². The molecule has 4 nitrogen and oxygen atoms in total. The van der Waals surface area contributed by atoms with Gasteiger partial charge in [-0.3, -0.25) is 4.79 Å². The van der Waals surface area contributed by atoms with Crippen molar-refractivity contribution in [1.29, 1.82) is 0 Å². The normalized spacial score (nSPS) is 15.1. The fraction of sp³-hybridized carbons (Fsp3) is 0.222. The number of hydrogen-bond donors (Lipinski definition) is 2. The van der Waals surface area contributed by atoms with E-state index in [1.165, 1.54) is 22.1 Å². The Balaban J connectivity index is 1.37. The minimum Gasteiger partial charge on any atom is -0.361 e. The molecule has 1 aliphatic rings. The van der Waals surface area contributed by atoms with Crippen molar-refractivity contribution in [2.75, 3.05) is 18.0 Å². The van der Waals surface area contributed by atoms with E-state index in [1.54, 1.807) is 0 Å². The quantitative estimate of drug-likeness (QED) is 0.477. The summed E-state index contributed by atoms with van der Waals surface area (Å²) in [4.78, 5) is 18.5. The summed E-state index contributed by atoms with van der Waals surface area (Å²) in [5, 5.41) is 4.76. The third-order valence-corrected chi connectivity index (χ3v) is 6.35. The standard InChI is InChI=1S/C27H27N3O/c1-19(27(31)30-16-15-21-11-5-8-14-26(21)30)28-17-23(20-9-3-2-4-10-20)24-18-29-25-13-7-6-12-22(24)25/h2-14,18-19,23,28-29H,15-17H2,1H3/t19-,23-/m0/s1. The van der Waals surface area contributed by atoms with Crippen LogP contribution in [0.4, 0.5) is 5.69 Å². The molecule has 4 aromatic rings. The largest absolute Gasteiger partial charge is 0.361 e. The summed E-state index contributed by atoms with van der Waals surface area (Å²) in [5.74, 6) is 0.286. The van der Waals surface area contributed by atoms with Crippen LogP contribution in [-0.4, -0.2) is 30.0 Å². The van der Waals surface area contributed by atoms with Crippen LogP contribution in [-0.2, 0) is 11.2 Å². The zero-order valence-corrected chi connectivity index (χ0v) is 17.7. The van der Waals surface area contributed by atoms with E-state index in [9.17, 15) is 4.79 Å². The van der Waals surface area contributed by atoms with Crippen LogP contribution in [0.2, 0.25) is 0 Å². The van der Waals surface area contributed by atoms with Gasteiger partial charge >= 0.3 is 0 Å². The molecule has 5 rings (SSSR count). The number of para-hydroxylation sites is 2. The maximum absolute atomic E-state index is 13.2. The van der Waals surface area contributed by atoms with Crippen molar-refractivity contribution < 1.29 is 4.79 Å². The predicted molar refractivity (Wildman–Crippen MR) is 127 cm³/mol. The number of benzene rings is 3. The maximum Gasteiger partial charge on any atom is 0.243 e. The number of carbonyl (C=O) groups is 1. The van der Waals surface area contributed by atoms with Crippen molar-refractivity contribution in [3.63, 3.8) is 0 Å². The molecule has 0 spiro atoms. The van der Waals surface area contributed by atoms with Crippen LogP contribution in [0.5, 0.6) is 0 Å². The van der Waals surface area contributed by atoms with E-state index in [4.69, 9.17) is 0 Å². The molecule has 0 radical (unpaired) electrons. The summed E-state index contributed by atoms with van der Waals surface area (Å²) in [6.45, 7) is 3.42. The smallest absolute Gasteiger partial charge is 0.243 e. The van der Waals surface area contributed by atoms with Gasteiger partial charge in [0.15, 0.2) is 0 Å². The van der Waals surface area contributed by atoms with Crippen molar-refractivity contribution in [2.45, 2.75) is 25.3 Å². The number of rotatable bonds is 6. The van der Waals surface area contributed by atoms with E-state index in [0.29, 0.717) is 6.54 Å². The minimum atomic E-state index is -0.262. The minimum absolute atomic E-state index is 0.135. The lowest BCUT2D eigenvalue weighted by Crippen LogP contribution is -2.45. The number of fused-ring (bicyclic) bond motifs is 2. The van der Waals surface area contributed by atoms with E-state index in [0.717, 1.165) is 24.2 Å². The Labute approximate surface area is 182 Å². The van der Waals surface area contributed by atoms with E-state index < -0.39 is 0 Å². The highest BCUT2D eigenvalue weighted by Crippen LogP contribution is 2.31. The van der Waals surface area contributed by atoms with Gasteiger partial charge in [0.25, 0.3) is 0 Å². The molecule has 0 aliphatic carbocycles. The highest BCUT2D eigenvalue weighted by molar-refractivity contribution is 5.98. The second kappa shape index (κ2) is 8.40. The van der Waals surface area contributed by atoms with Crippen molar-refractivity contribution >= 4 is 22.5 Å². The first-order chi connectivity index (χ1) is 15.2. The van der Waals surface area contributed by atoms with Gasteiger partial charge < -0.3 is 15.2 Å². The third-order valence-electron chi connectivity index (χ3n) is 6.35. The lowest BCUT2D eigenvalue weighted by Gasteiger charge is -2.25. The number of aromatic nitrogens is 1. The number of amides is 1. The molecule has 2 heterocycles. The zero-order chi connectivity index (χ0) is 21.2. The Bertz CT molecular complexity index is 1200. The van der Waals surface area contributed by atoms with E-state index in [-0.39, 0.29) is 17.9 Å². The van der Waals surface area contributed by atoms with E-state index in [1.807, 2.05) is 42.2 Å². The summed E-state index contributed by atoms with van der Waals surface area (Å²) in [5.41, 5.74) is 5.93. The zero-order valence-electron chi connectivity index (χ0n) is 17.7. The van der Waals surface area contributed by atoms with Crippen molar-refractivity contribution in [2.24, 2.45) is 0 Å². The van der Waals surface area contributed by atoms with E-state index >= 15 is 0 Å². The molecule has 2 atom stereocenters. The first-order valence-corrected chi connectivity index (χ1v) is 11.0. The first-order valence-electron chi connectivity index (χ1n) is 11.0. The molecule has 1 aliphatic heterocycles. The maximum atomic E-state index is 13.2. The van der Waals surface area contributed by atoms with Crippen molar-refractivity contribution in [3.05, 3.63) is 102 Å². The molecule has 31 heavy (non-hydrogen) atoms. The molecule has 0 fully saturated rings. The van der Waals surface area contributed by atoms with Crippen molar-refractivity contribution in [3.8, 4) is 0 Å². The molecule has 1 aromatic heterocycles. The van der Waals surface area contributed by atoms with Gasteiger partial charge in [0.1, 0.15) is 0 Å². The second-order valence-electron chi connectivity index (χ2n) is 8.25. The number of anilines is 1. The van der Waals surface area contributed by atoms with Gasteiger partial charge in [-0.05, 0) is 42.2 Å². The van der Waals surface area contributed by atoms with E-state index in [2.05, 4.69) is 65.0 Å². The summed E-state index contributed by atoms with van der Waals surface area (Å²) in [6.07, 6.45) is 3.03. The predicted octanol–water partition coefficient (Wildman–Crippen LogP) is 4.87. The van der Waals surface area contributed by atoms with Crippen molar-refractivity contribution in [1.82, 2.24) is 10.3 Å². The van der Waals surface area contributed by atoms with Gasteiger partial charge in [-0.2, -0.15) is 0 Å². The number of hydrogen-bond acceptors (Lipinski definition) is 2. The summed E-state index contributed by atoms with van der Waals surface area (Å²) in [6, 6.07) is 26.9. The molecule has 4 heteroatoms. The summed E-state index contributed by atoms with van der Waals surface area (Å²) < 4.78 is 0. The molecule has 1 amide bonds. The van der Waals surface area contributed by atoms with Crippen LogP contribution in [0, 0.1) is 0 Å². The molecular formula is C27H27N3O. The molecule has 3 aromatic carbocycles. The Morgan fingerprint density at radius 2 is 1.74 bits per heavy atom. The Morgan fingerprint density at radius 3 is 2.61 bits per heavy atom. The monoisotopic (exact) mass is 409 g/mol. The lowest BCUT2D eigenvalue weighted by atomic mass is 9.90. The van der Waals surface area contributed by atoms with Crippen LogP contribution in [0.15, 0.2) is 85.1 Å². The number of nitrogens with zero attached hydrogens (tertiary/aromatic N) is 1. The van der Waals surface area contributed by atoms with Crippen LogP contribution < -0.4 is 10.2 Å². The third kappa shape index (κ3) is 3.75. The highest BCUT2D eigenvalue weighted by atomic mass is 16.2. The van der Waals surface area contributed by atoms with Gasteiger partial charge in [-0.15, -0.1) is 0 Å². The Morgan fingerprint density at radius 1 is 1.00 bits per heavy atom. The molecule has 0 saturated carbocycles. The second-order valence-corrected chi connectivity index (χ2v) is 8.25. The number of aromatic amines is 1. The fourth-order valence-electron chi connectivity index (χ4n) is 4.66. The number of nitrogens with one attached hydrogen (secondary N) is 2. The summed E-state index contributed by atoms with van der Waals surface area (Å²) >= 11 is 0. The Hall–Kier alpha value is -3.37. The molecular weight excluding hydrogens is 382 g/mol. The highest BCUT2D eigenvalue weighted by Gasteiger charge is 2.28.